The minimum atomic E-state index is -0.478. The fourth-order valence-corrected chi connectivity index (χ4v) is 3.11. The number of amides is 1. The molecule has 4 nitrogen and oxygen atoms in total. The lowest BCUT2D eigenvalue weighted by molar-refractivity contribution is 0.0985. The highest BCUT2D eigenvalue weighted by atomic mass is 35.5. The number of pyridine rings is 1. The Labute approximate surface area is 148 Å². The molecule has 0 aliphatic carbocycles. The predicted molar refractivity (Wildman–Crippen MR) is 95.9 cm³/mol. The Kier molecular flexibility index (Phi) is 3.86. The summed E-state index contributed by atoms with van der Waals surface area (Å²) < 4.78 is 13.3. The first-order valence-electron chi connectivity index (χ1n) is 7.70. The maximum atomic E-state index is 13.3. The van der Waals surface area contributed by atoms with E-state index in [1.54, 1.807) is 11.1 Å². The Balaban J connectivity index is 1.84. The standard InChI is InChI=1S/C19H13ClFN3O/c20-15-10-13(21)7-8-14(15)19(25)24-11-12-4-3-9-22-18(12)23-16-5-1-2-6-17(16)24/h1-10H,11H2,(H,22,23). The zero-order chi connectivity index (χ0) is 17.4. The molecule has 0 unspecified atom stereocenters. The molecule has 0 spiro atoms. The van der Waals surface area contributed by atoms with Crippen LogP contribution in [0, 0.1) is 5.82 Å². The van der Waals surface area contributed by atoms with Gasteiger partial charge in [-0.25, -0.2) is 9.37 Å². The van der Waals surface area contributed by atoms with E-state index in [1.165, 1.54) is 12.1 Å². The molecule has 1 amide bonds. The van der Waals surface area contributed by atoms with E-state index < -0.39 is 5.82 Å². The van der Waals surface area contributed by atoms with Crippen molar-refractivity contribution in [3.05, 3.63) is 82.8 Å². The van der Waals surface area contributed by atoms with Gasteiger partial charge in [0, 0.05) is 11.8 Å². The van der Waals surface area contributed by atoms with Crippen molar-refractivity contribution in [1.29, 1.82) is 0 Å². The minimum Gasteiger partial charge on any atom is -0.338 e. The van der Waals surface area contributed by atoms with Crippen LogP contribution in [0.5, 0.6) is 0 Å². The summed E-state index contributed by atoms with van der Waals surface area (Å²) in [5, 5.41) is 3.35. The summed E-state index contributed by atoms with van der Waals surface area (Å²) in [6.07, 6.45) is 1.70. The summed E-state index contributed by atoms with van der Waals surface area (Å²) in [7, 11) is 0. The van der Waals surface area contributed by atoms with Gasteiger partial charge < -0.3 is 10.2 Å². The monoisotopic (exact) mass is 353 g/mol. The van der Waals surface area contributed by atoms with Gasteiger partial charge in [-0.2, -0.15) is 0 Å². The Morgan fingerprint density at radius 2 is 2.00 bits per heavy atom. The number of aromatic nitrogens is 1. The van der Waals surface area contributed by atoms with Crippen LogP contribution < -0.4 is 10.2 Å². The number of benzene rings is 2. The van der Waals surface area contributed by atoms with E-state index in [2.05, 4.69) is 10.3 Å². The van der Waals surface area contributed by atoms with Crippen LogP contribution >= 0.6 is 11.6 Å². The molecular weight excluding hydrogens is 341 g/mol. The quantitative estimate of drug-likeness (QED) is 0.685. The van der Waals surface area contributed by atoms with Gasteiger partial charge in [0.05, 0.1) is 28.5 Å². The second kappa shape index (κ2) is 6.18. The van der Waals surface area contributed by atoms with Crippen LogP contribution in [0.15, 0.2) is 60.8 Å². The van der Waals surface area contributed by atoms with Crippen LogP contribution in [0.1, 0.15) is 15.9 Å². The van der Waals surface area contributed by atoms with Crippen molar-refractivity contribution in [1.82, 2.24) is 4.98 Å². The number of carbonyl (C=O) groups excluding carboxylic acids is 1. The van der Waals surface area contributed by atoms with E-state index in [1.807, 2.05) is 36.4 Å². The Morgan fingerprint density at radius 1 is 1.16 bits per heavy atom. The average Bonchev–Trinajstić information content (AvgIpc) is 2.78. The van der Waals surface area contributed by atoms with Gasteiger partial charge in [0.1, 0.15) is 11.6 Å². The number of fused-ring (bicyclic) bond motifs is 2. The van der Waals surface area contributed by atoms with Gasteiger partial charge in [0.2, 0.25) is 0 Å². The molecule has 124 valence electrons. The zero-order valence-corrected chi connectivity index (χ0v) is 13.8. The van der Waals surface area contributed by atoms with Gasteiger partial charge in [-0.1, -0.05) is 29.8 Å². The van der Waals surface area contributed by atoms with Crippen LogP contribution in [0.3, 0.4) is 0 Å². The Morgan fingerprint density at radius 3 is 2.84 bits per heavy atom. The number of anilines is 3. The predicted octanol–water partition coefficient (Wildman–Crippen LogP) is 4.78. The first-order chi connectivity index (χ1) is 12.1. The molecule has 6 heteroatoms. The molecule has 0 fully saturated rings. The zero-order valence-electron chi connectivity index (χ0n) is 13.0. The normalized spacial score (nSPS) is 12.6. The minimum absolute atomic E-state index is 0.0890. The van der Waals surface area contributed by atoms with Crippen LogP contribution in [0.25, 0.3) is 0 Å². The van der Waals surface area contributed by atoms with Crippen LogP contribution in [0.4, 0.5) is 21.6 Å². The topological polar surface area (TPSA) is 45.2 Å². The van der Waals surface area contributed by atoms with Crippen LogP contribution in [0.2, 0.25) is 5.02 Å². The summed E-state index contributed by atoms with van der Waals surface area (Å²) in [6, 6.07) is 15.0. The molecule has 2 heterocycles. The van der Waals surface area contributed by atoms with E-state index in [-0.39, 0.29) is 16.5 Å². The SMILES string of the molecule is O=C(c1ccc(F)cc1Cl)N1Cc2cccnc2Nc2ccccc21. The molecule has 25 heavy (non-hydrogen) atoms. The molecule has 3 aromatic rings. The summed E-state index contributed by atoms with van der Waals surface area (Å²) in [5.41, 5.74) is 2.62. The first-order valence-corrected chi connectivity index (χ1v) is 8.08. The Bertz CT molecular complexity index is 976. The van der Waals surface area contributed by atoms with Gasteiger partial charge in [-0.15, -0.1) is 0 Å². The first kappa shape index (κ1) is 15.6. The summed E-state index contributed by atoms with van der Waals surface area (Å²) >= 11 is 6.10. The van der Waals surface area contributed by atoms with Crippen molar-refractivity contribution in [3.8, 4) is 0 Å². The lowest BCUT2D eigenvalue weighted by Crippen LogP contribution is -2.30. The molecular formula is C19H13ClFN3O. The Hall–Kier alpha value is -2.92. The van der Waals surface area contributed by atoms with E-state index in [0.717, 1.165) is 17.3 Å². The third-order valence-electron chi connectivity index (χ3n) is 4.07. The summed E-state index contributed by atoms with van der Waals surface area (Å²) in [6.45, 7) is 0.333. The third-order valence-corrected chi connectivity index (χ3v) is 4.39. The number of nitrogens with zero attached hydrogens (tertiary/aromatic N) is 2. The smallest absolute Gasteiger partial charge is 0.260 e. The third kappa shape index (κ3) is 2.83. The van der Waals surface area contributed by atoms with Gasteiger partial charge in [0.15, 0.2) is 0 Å². The summed E-state index contributed by atoms with van der Waals surface area (Å²) in [4.78, 5) is 19.1. The van der Waals surface area contributed by atoms with Gasteiger partial charge in [0.25, 0.3) is 5.91 Å². The highest BCUT2D eigenvalue weighted by Gasteiger charge is 2.26. The molecule has 0 bridgehead atoms. The van der Waals surface area contributed by atoms with Crippen molar-refractivity contribution in [3.63, 3.8) is 0 Å². The number of carbonyl (C=O) groups is 1. The van der Waals surface area contributed by atoms with Crippen molar-refractivity contribution in [2.45, 2.75) is 6.54 Å². The van der Waals surface area contributed by atoms with Crippen LogP contribution in [-0.4, -0.2) is 10.9 Å². The average molecular weight is 354 g/mol. The molecule has 0 atom stereocenters. The molecule has 0 saturated heterocycles. The highest BCUT2D eigenvalue weighted by Crippen LogP contribution is 2.36. The molecule has 4 rings (SSSR count). The van der Waals surface area contributed by atoms with Gasteiger partial charge in [-0.05, 0) is 36.4 Å². The maximum absolute atomic E-state index is 13.3. The molecule has 1 N–H and O–H groups in total. The van der Waals surface area contributed by atoms with E-state index in [0.29, 0.717) is 18.1 Å². The van der Waals surface area contributed by atoms with Crippen molar-refractivity contribution >= 4 is 34.7 Å². The molecule has 1 aliphatic rings. The van der Waals surface area contributed by atoms with Crippen molar-refractivity contribution in [2.75, 3.05) is 10.2 Å². The molecule has 1 aliphatic heterocycles. The van der Waals surface area contributed by atoms with Gasteiger partial charge in [-0.3, -0.25) is 4.79 Å². The number of para-hydroxylation sites is 2. The molecule has 0 radical (unpaired) electrons. The fraction of sp³-hybridized carbons (Fsp3) is 0.0526. The van der Waals surface area contributed by atoms with E-state index >= 15 is 0 Å². The van der Waals surface area contributed by atoms with Gasteiger partial charge >= 0.3 is 0 Å². The van der Waals surface area contributed by atoms with Crippen molar-refractivity contribution in [2.24, 2.45) is 0 Å². The lowest BCUT2D eigenvalue weighted by Gasteiger charge is -2.23. The second-order valence-corrected chi connectivity index (χ2v) is 6.08. The van der Waals surface area contributed by atoms with Crippen LogP contribution in [-0.2, 0) is 6.54 Å². The van der Waals surface area contributed by atoms with Crippen molar-refractivity contribution < 1.29 is 9.18 Å². The largest absolute Gasteiger partial charge is 0.338 e. The number of halogens is 2. The molecule has 1 aromatic heterocycles. The second-order valence-electron chi connectivity index (χ2n) is 5.67. The molecule has 0 saturated carbocycles. The molecule has 2 aromatic carbocycles. The maximum Gasteiger partial charge on any atom is 0.260 e. The lowest BCUT2D eigenvalue weighted by atomic mass is 10.1. The number of nitrogens with one attached hydrogen (secondary N) is 1. The number of hydrogen-bond donors (Lipinski definition) is 1. The summed E-state index contributed by atoms with van der Waals surface area (Å²) in [5.74, 6) is -0.0690. The highest BCUT2D eigenvalue weighted by molar-refractivity contribution is 6.34. The fourth-order valence-electron chi connectivity index (χ4n) is 2.87. The van der Waals surface area contributed by atoms with E-state index in [9.17, 15) is 9.18 Å². The number of rotatable bonds is 1. The van der Waals surface area contributed by atoms with E-state index in [4.69, 9.17) is 11.6 Å². The number of hydrogen-bond acceptors (Lipinski definition) is 3.